The number of hydrogen-bond acceptors (Lipinski definition) is 5. The van der Waals surface area contributed by atoms with Crippen LogP contribution in [0.4, 0.5) is 27.6 Å². The van der Waals surface area contributed by atoms with Crippen LogP contribution in [0.3, 0.4) is 0 Å². The Hall–Kier alpha value is -3.93. The molecule has 0 atom stereocenters. The van der Waals surface area contributed by atoms with Crippen LogP contribution in [0.2, 0.25) is 0 Å². The van der Waals surface area contributed by atoms with Gasteiger partial charge in [0.25, 0.3) is 5.91 Å². The molecule has 1 aromatic carbocycles. The Balaban J connectivity index is 0.00000405. The number of imidazole rings is 1. The summed E-state index contributed by atoms with van der Waals surface area (Å²) in [6, 6.07) is 10.6. The Morgan fingerprint density at radius 2 is 1.86 bits per heavy atom. The summed E-state index contributed by atoms with van der Waals surface area (Å²) < 4.78 is 71.8. The number of carbonyl (C=O) groups is 1. The SMILES string of the molecule is CCc1nc2cc(F)ccn2c1C(=O)NCc1ccc(C2CCN(c3ccc(OCC(F)(F)F)nc3)CC2)cc1F.Cl. The van der Waals surface area contributed by atoms with Crippen molar-refractivity contribution in [2.45, 2.75) is 44.8 Å². The van der Waals surface area contributed by atoms with Crippen molar-refractivity contribution in [3.05, 3.63) is 89.0 Å². The van der Waals surface area contributed by atoms with Crippen LogP contribution in [0.25, 0.3) is 5.65 Å². The molecule has 0 bridgehead atoms. The number of fused-ring (bicyclic) bond motifs is 1. The number of halogens is 6. The van der Waals surface area contributed by atoms with Crippen molar-refractivity contribution < 1.29 is 31.5 Å². The summed E-state index contributed by atoms with van der Waals surface area (Å²) in [5.74, 6) is -1.25. The lowest BCUT2D eigenvalue weighted by Crippen LogP contribution is -2.33. The number of aryl methyl sites for hydroxylation is 1. The predicted molar refractivity (Wildman–Crippen MR) is 149 cm³/mol. The van der Waals surface area contributed by atoms with Crippen LogP contribution in [0.1, 0.15) is 53.0 Å². The summed E-state index contributed by atoms with van der Waals surface area (Å²) in [7, 11) is 0. The number of aromatic nitrogens is 3. The molecule has 1 aliphatic rings. The van der Waals surface area contributed by atoms with Gasteiger partial charge in [0.1, 0.15) is 23.0 Å². The highest BCUT2D eigenvalue weighted by Gasteiger charge is 2.29. The number of pyridine rings is 2. The first kappa shape index (κ1) is 31.0. The zero-order valence-corrected chi connectivity index (χ0v) is 23.4. The van der Waals surface area contributed by atoms with E-state index in [2.05, 4.69) is 24.9 Å². The van der Waals surface area contributed by atoms with Crippen molar-refractivity contribution in [3.63, 3.8) is 0 Å². The van der Waals surface area contributed by atoms with Crippen LogP contribution in [-0.2, 0) is 13.0 Å². The van der Waals surface area contributed by atoms with E-state index in [-0.39, 0.29) is 30.7 Å². The van der Waals surface area contributed by atoms with Gasteiger partial charge in [-0.15, -0.1) is 12.4 Å². The highest BCUT2D eigenvalue weighted by atomic mass is 35.5. The lowest BCUT2D eigenvalue weighted by molar-refractivity contribution is -0.154. The fourth-order valence-corrected chi connectivity index (χ4v) is 5.05. The first-order chi connectivity index (χ1) is 19.6. The Morgan fingerprint density at radius 3 is 2.50 bits per heavy atom. The fraction of sp³-hybridized carbons (Fsp3) is 0.345. The van der Waals surface area contributed by atoms with E-state index < -0.39 is 30.3 Å². The Bertz CT molecular complexity index is 1540. The minimum absolute atomic E-state index is 0. The molecule has 0 spiro atoms. The molecule has 4 heterocycles. The number of rotatable bonds is 8. The summed E-state index contributed by atoms with van der Waals surface area (Å²) in [6.45, 7) is 1.80. The number of benzene rings is 1. The fourth-order valence-electron chi connectivity index (χ4n) is 5.05. The monoisotopic (exact) mass is 609 g/mol. The van der Waals surface area contributed by atoms with Gasteiger partial charge < -0.3 is 15.0 Å². The third-order valence-corrected chi connectivity index (χ3v) is 7.16. The number of alkyl halides is 3. The second kappa shape index (κ2) is 12.9. The predicted octanol–water partition coefficient (Wildman–Crippen LogP) is 6.25. The first-order valence-corrected chi connectivity index (χ1v) is 13.2. The molecule has 1 aliphatic heterocycles. The van der Waals surface area contributed by atoms with Crippen molar-refractivity contribution in [1.82, 2.24) is 19.7 Å². The summed E-state index contributed by atoms with van der Waals surface area (Å²) in [5.41, 5.74) is 3.14. The number of nitrogens with one attached hydrogen (secondary N) is 1. The Labute approximate surface area is 245 Å². The molecule has 13 heteroatoms. The van der Waals surface area contributed by atoms with Crippen molar-refractivity contribution in [3.8, 4) is 5.88 Å². The summed E-state index contributed by atoms with van der Waals surface area (Å²) in [6.07, 6.45) is 0.513. The van der Waals surface area contributed by atoms with Gasteiger partial charge in [0.05, 0.1) is 17.6 Å². The first-order valence-electron chi connectivity index (χ1n) is 13.2. The molecular weight excluding hydrogens is 581 g/mol. The highest BCUT2D eigenvalue weighted by Crippen LogP contribution is 2.31. The summed E-state index contributed by atoms with van der Waals surface area (Å²) in [4.78, 5) is 23.3. The molecule has 1 saturated heterocycles. The molecule has 1 fully saturated rings. The number of ether oxygens (including phenoxy) is 1. The molecule has 0 unspecified atom stereocenters. The standard InChI is InChI=1S/C29H28F5N5O2.ClH/c1-2-24-27(39-12-9-21(30)14-25(39)37-24)28(40)36-15-20-4-3-19(13-23(20)31)18-7-10-38(11-8-18)22-5-6-26(35-16-22)41-17-29(32,33)34;/h3-6,9,12-14,16,18H,2,7-8,10-11,15,17H2,1H3,(H,36,40);1H. The molecule has 1 N–H and O–H groups in total. The molecule has 42 heavy (non-hydrogen) atoms. The van der Waals surface area contributed by atoms with E-state index >= 15 is 4.39 Å². The molecule has 7 nitrogen and oxygen atoms in total. The van der Waals surface area contributed by atoms with Gasteiger partial charge in [-0.3, -0.25) is 9.20 Å². The van der Waals surface area contributed by atoms with E-state index in [9.17, 15) is 22.4 Å². The quantitative estimate of drug-likeness (QED) is 0.239. The number of amides is 1. The minimum atomic E-state index is -4.43. The van der Waals surface area contributed by atoms with Crippen LogP contribution < -0.4 is 15.0 Å². The van der Waals surface area contributed by atoms with Gasteiger partial charge >= 0.3 is 6.18 Å². The van der Waals surface area contributed by atoms with E-state index in [1.54, 1.807) is 12.1 Å². The average Bonchev–Trinajstić information content (AvgIpc) is 3.33. The van der Waals surface area contributed by atoms with Crippen LogP contribution in [0, 0.1) is 11.6 Å². The maximum Gasteiger partial charge on any atom is 0.422 e. The zero-order valence-electron chi connectivity index (χ0n) is 22.6. The topological polar surface area (TPSA) is 71.8 Å². The number of anilines is 1. The summed E-state index contributed by atoms with van der Waals surface area (Å²) in [5, 5.41) is 2.76. The number of hydrogen-bond donors (Lipinski definition) is 1. The molecule has 0 saturated carbocycles. The van der Waals surface area contributed by atoms with Gasteiger partial charge in [0.15, 0.2) is 6.61 Å². The van der Waals surface area contributed by atoms with E-state index in [0.29, 0.717) is 42.1 Å². The smallest absolute Gasteiger partial charge is 0.422 e. The second-order valence-electron chi connectivity index (χ2n) is 9.89. The van der Waals surface area contributed by atoms with Gasteiger partial charge in [0.2, 0.25) is 5.88 Å². The Morgan fingerprint density at radius 1 is 1.10 bits per heavy atom. The van der Waals surface area contributed by atoms with Crippen LogP contribution >= 0.6 is 12.4 Å². The molecule has 0 radical (unpaired) electrons. The average molecular weight is 610 g/mol. The van der Waals surface area contributed by atoms with E-state index in [0.717, 1.165) is 24.1 Å². The third kappa shape index (κ3) is 7.10. The van der Waals surface area contributed by atoms with Crippen molar-refractivity contribution in [2.24, 2.45) is 0 Å². The van der Waals surface area contributed by atoms with Crippen molar-refractivity contribution in [2.75, 3.05) is 24.6 Å². The third-order valence-electron chi connectivity index (χ3n) is 7.16. The van der Waals surface area contributed by atoms with Crippen LogP contribution in [0.5, 0.6) is 5.88 Å². The Kier molecular flexibility index (Phi) is 9.55. The van der Waals surface area contributed by atoms with Gasteiger partial charge in [0, 0.05) is 43.5 Å². The molecule has 3 aromatic heterocycles. The number of nitrogens with zero attached hydrogens (tertiary/aromatic N) is 4. The molecular formula is C29H29ClF5N5O2. The van der Waals surface area contributed by atoms with Crippen molar-refractivity contribution in [1.29, 1.82) is 0 Å². The van der Waals surface area contributed by atoms with Crippen LogP contribution in [0.15, 0.2) is 54.9 Å². The van der Waals surface area contributed by atoms with E-state index in [1.165, 1.54) is 41.1 Å². The normalized spacial score (nSPS) is 14.1. The zero-order chi connectivity index (χ0) is 29.1. The number of carbonyl (C=O) groups excluding carboxylic acids is 1. The lowest BCUT2D eigenvalue weighted by atomic mass is 9.88. The van der Waals surface area contributed by atoms with Gasteiger partial charge in [-0.2, -0.15) is 13.2 Å². The summed E-state index contributed by atoms with van der Waals surface area (Å²) >= 11 is 0. The van der Waals surface area contributed by atoms with Crippen molar-refractivity contribution >= 4 is 29.6 Å². The molecule has 0 aliphatic carbocycles. The number of piperidine rings is 1. The van der Waals surface area contributed by atoms with Gasteiger partial charge in [-0.25, -0.2) is 18.7 Å². The molecule has 1 amide bonds. The largest absolute Gasteiger partial charge is 0.468 e. The maximum atomic E-state index is 15.0. The van der Waals surface area contributed by atoms with Gasteiger partial charge in [-0.05, 0) is 48.9 Å². The van der Waals surface area contributed by atoms with E-state index in [4.69, 9.17) is 0 Å². The molecule has 4 aromatic rings. The lowest BCUT2D eigenvalue weighted by Gasteiger charge is -2.33. The minimum Gasteiger partial charge on any atom is -0.468 e. The maximum absolute atomic E-state index is 15.0. The highest BCUT2D eigenvalue weighted by molar-refractivity contribution is 5.94. The molecule has 224 valence electrons. The van der Waals surface area contributed by atoms with Crippen LogP contribution in [-0.4, -0.2) is 46.1 Å². The molecule has 5 rings (SSSR count). The second-order valence-corrected chi connectivity index (χ2v) is 9.89. The van der Waals surface area contributed by atoms with Gasteiger partial charge in [-0.1, -0.05) is 19.1 Å². The van der Waals surface area contributed by atoms with E-state index in [1.807, 2.05) is 13.0 Å².